The Balaban J connectivity index is 2.16. The predicted octanol–water partition coefficient (Wildman–Crippen LogP) is 2.64. The zero-order chi connectivity index (χ0) is 14.5. The molecule has 0 aliphatic rings. The standard InChI is InChI=1S/C14H18N4OS/c1-4-11-6-8-12(9-7-11)13(19)17-18-10(3)15-16-14(18)20-5-2/h6-9H,4-5H2,1-3H3,(H,17,19). The number of hydrogen-bond donors (Lipinski definition) is 1. The summed E-state index contributed by atoms with van der Waals surface area (Å²) in [5.74, 6) is 1.38. The van der Waals surface area contributed by atoms with Crippen molar-refractivity contribution in [3.05, 3.63) is 41.2 Å². The van der Waals surface area contributed by atoms with Crippen molar-refractivity contribution >= 4 is 17.7 Å². The van der Waals surface area contributed by atoms with Crippen LogP contribution in [0.4, 0.5) is 0 Å². The van der Waals surface area contributed by atoms with Crippen molar-refractivity contribution in [2.75, 3.05) is 11.2 Å². The maximum absolute atomic E-state index is 12.2. The van der Waals surface area contributed by atoms with E-state index in [9.17, 15) is 4.79 Å². The van der Waals surface area contributed by atoms with Crippen molar-refractivity contribution in [1.82, 2.24) is 14.9 Å². The Hall–Kier alpha value is -1.82. The molecule has 2 aromatic rings. The van der Waals surface area contributed by atoms with E-state index in [0.717, 1.165) is 12.2 Å². The molecule has 0 aliphatic heterocycles. The molecule has 6 heteroatoms. The summed E-state index contributed by atoms with van der Waals surface area (Å²) in [7, 11) is 0. The minimum Gasteiger partial charge on any atom is -0.267 e. The lowest BCUT2D eigenvalue weighted by molar-refractivity contribution is 0.101. The number of nitrogens with zero attached hydrogens (tertiary/aromatic N) is 3. The molecule has 0 radical (unpaired) electrons. The third kappa shape index (κ3) is 3.19. The molecule has 0 aliphatic carbocycles. The smallest absolute Gasteiger partial charge is 0.267 e. The molecule has 0 atom stereocenters. The predicted molar refractivity (Wildman–Crippen MR) is 80.7 cm³/mol. The zero-order valence-corrected chi connectivity index (χ0v) is 12.7. The van der Waals surface area contributed by atoms with Crippen LogP contribution in [0.25, 0.3) is 0 Å². The first kappa shape index (κ1) is 14.6. The highest BCUT2D eigenvalue weighted by molar-refractivity contribution is 7.99. The zero-order valence-electron chi connectivity index (χ0n) is 11.9. The molecule has 0 spiro atoms. The molecule has 0 saturated heterocycles. The summed E-state index contributed by atoms with van der Waals surface area (Å²) in [5.41, 5.74) is 4.67. The molecule has 0 saturated carbocycles. The second kappa shape index (κ2) is 6.56. The Morgan fingerprint density at radius 1 is 1.25 bits per heavy atom. The minimum atomic E-state index is -0.159. The van der Waals surface area contributed by atoms with E-state index in [1.807, 2.05) is 38.1 Å². The molecule has 1 amide bonds. The largest absolute Gasteiger partial charge is 0.270 e. The number of carbonyl (C=O) groups excluding carboxylic acids is 1. The van der Waals surface area contributed by atoms with Gasteiger partial charge in [0.1, 0.15) is 5.82 Å². The lowest BCUT2D eigenvalue weighted by atomic mass is 10.1. The average Bonchev–Trinajstić information content (AvgIpc) is 2.81. The Kier molecular flexibility index (Phi) is 4.79. The van der Waals surface area contributed by atoms with Crippen LogP contribution in [0.2, 0.25) is 0 Å². The Bertz CT molecular complexity index is 592. The van der Waals surface area contributed by atoms with Gasteiger partial charge in [0.2, 0.25) is 5.16 Å². The number of thioether (sulfide) groups is 1. The van der Waals surface area contributed by atoms with Gasteiger partial charge in [-0.1, -0.05) is 37.7 Å². The number of aromatic nitrogens is 3. The van der Waals surface area contributed by atoms with E-state index in [4.69, 9.17) is 0 Å². The fourth-order valence-corrected chi connectivity index (χ4v) is 2.42. The van der Waals surface area contributed by atoms with Gasteiger partial charge in [-0.2, -0.15) is 0 Å². The number of carbonyl (C=O) groups is 1. The SMILES string of the molecule is CCSc1nnc(C)n1NC(=O)c1ccc(CC)cc1. The van der Waals surface area contributed by atoms with Gasteiger partial charge in [0.05, 0.1) is 0 Å². The molecular formula is C14H18N4OS. The summed E-state index contributed by atoms with van der Waals surface area (Å²) >= 11 is 1.54. The third-order valence-corrected chi connectivity index (χ3v) is 3.72. The van der Waals surface area contributed by atoms with Gasteiger partial charge in [-0.05, 0) is 36.8 Å². The monoisotopic (exact) mass is 290 g/mol. The lowest BCUT2D eigenvalue weighted by Gasteiger charge is -2.09. The van der Waals surface area contributed by atoms with E-state index in [2.05, 4.69) is 22.5 Å². The highest BCUT2D eigenvalue weighted by Gasteiger charge is 2.12. The third-order valence-electron chi connectivity index (χ3n) is 2.91. The second-order valence-electron chi connectivity index (χ2n) is 4.29. The van der Waals surface area contributed by atoms with Crippen LogP contribution < -0.4 is 5.43 Å². The fourth-order valence-electron chi connectivity index (χ4n) is 1.75. The summed E-state index contributed by atoms with van der Waals surface area (Å²) in [6.45, 7) is 5.93. The van der Waals surface area contributed by atoms with E-state index >= 15 is 0 Å². The molecule has 2 rings (SSSR count). The molecule has 0 bridgehead atoms. The van der Waals surface area contributed by atoms with Crippen LogP contribution in [0, 0.1) is 6.92 Å². The van der Waals surface area contributed by atoms with Crippen molar-refractivity contribution in [1.29, 1.82) is 0 Å². The molecule has 0 unspecified atom stereocenters. The van der Waals surface area contributed by atoms with Crippen LogP contribution in [0.15, 0.2) is 29.4 Å². The van der Waals surface area contributed by atoms with Crippen molar-refractivity contribution < 1.29 is 4.79 Å². The summed E-state index contributed by atoms with van der Waals surface area (Å²) in [6, 6.07) is 7.60. The van der Waals surface area contributed by atoms with Crippen molar-refractivity contribution in [3.8, 4) is 0 Å². The Morgan fingerprint density at radius 2 is 1.95 bits per heavy atom. The lowest BCUT2D eigenvalue weighted by Crippen LogP contribution is -2.24. The Morgan fingerprint density at radius 3 is 2.55 bits per heavy atom. The van der Waals surface area contributed by atoms with Crippen LogP contribution >= 0.6 is 11.8 Å². The van der Waals surface area contributed by atoms with Gasteiger partial charge >= 0.3 is 0 Å². The van der Waals surface area contributed by atoms with E-state index in [-0.39, 0.29) is 5.91 Å². The molecule has 1 aromatic carbocycles. The molecular weight excluding hydrogens is 272 g/mol. The second-order valence-corrected chi connectivity index (χ2v) is 5.52. The maximum Gasteiger partial charge on any atom is 0.270 e. The summed E-state index contributed by atoms with van der Waals surface area (Å²) < 4.78 is 1.63. The number of nitrogens with one attached hydrogen (secondary N) is 1. The quantitative estimate of drug-likeness (QED) is 0.860. The molecule has 20 heavy (non-hydrogen) atoms. The molecule has 106 valence electrons. The molecule has 1 N–H and O–H groups in total. The Labute approximate surface area is 122 Å². The van der Waals surface area contributed by atoms with Gasteiger partial charge in [-0.15, -0.1) is 10.2 Å². The van der Waals surface area contributed by atoms with Gasteiger partial charge in [-0.3, -0.25) is 10.2 Å². The number of rotatable bonds is 5. The van der Waals surface area contributed by atoms with Crippen molar-refractivity contribution in [3.63, 3.8) is 0 Å². The van der Waals surface area contributed by atoms with E-state index < -0.39 is 0 Å². The van der Waals surface area contributed by atoms with Crippen LogP contribution in [0.5, 0.6) is 0 Å². The normalized spacial score (nSPS) is 10.6. The van der Waals surface area contributed by atoms with E-state index in [0.29, 0.717) is 16.5 Å². The number of hydrogen-bond acceptors (Lipinski definition) is 4. The molecule has 5 nitrogen and oxygen atoms in total. The van der Waals surface area contributed by atoms with Crippen molar-refractivity contribution in [2.24, 2.45) is 0 Å². The van der Waals surface area contributed by atoms with Crippen LogP contribution in [0.1, 0.15) is 35.6 Å². The van der Waals surface area contributed by atoms with Crippen molar-refractivity contribution in [2.45, 2.75) is 32.3 Å². The summed E-state index contributed by atoms with van der Waals surface area (Å²) in [6.07, 6.45) is 0.962. The maximum atomic E-state index is 12.2. The first-order valence-electron chi connectivity index (χ1n) is 6.60. The highest BCUT2D eigenvalue weighted by Crippen LogP contribution is 2.15. The number of amides is 1. The highest BCUT2D eigenvalue weighted by atomic mass is 32.2. The van der Waals surface area contributed by atoms with Gasteiger partial charge in [-0.25, -0.2) is 4.68 Å². The first-order valence-corrected chi connectivity index (χ1v) is 7.59. The van der Waals surface area contributed by atoms with Gasteiger partial charge in [0.25, 0.3) is 5.91 Å². The van der Waals surface area contributed by atoms with Crippen LogP contribution in [-0.4, -0.2) is 26.5 Å². The number of aryl methyl sites for hydroxylation is 2. The van der Waals surface area contributed by atoms with Gasteiger partial charge in [0, 0.05) is 5.56 Å². The van der Waals surface area contributed by atoms with E-state index in [1.165, 1.54) is 5.56 Å². The molecule has 0 fully saturated rings. The van der Waals surface area contributed by atoms with Crippen LogP contribution in [0.3, 0.4) is 0 Å². The molecule has 1 aromatic heterocycles. The summed E-state index contributed by atoms with van der Waals surface area (Å²) in [5, 5.41) is 8.73. The van der Waals surface area contributed by atoms with Gasteiger partial charge < -0.3 is 0 Å². The minimum absolute atomic E-state index is 0.159. The average molecular weight is 290 g/mol. The summed E-state index contributed by atoms with van der Waals surface area (Å²) in [4.78, 5) is 12.2. The number of benzene rings is 1. The fraction of sp³-hybridized carbons (Fsp3) is 0.357. The van der Waals surface area contributed by atoms with E-state index in [1.54, 1.807) is 16.4 Å². The topological polar surface area (TPSA) is 59.8 Å². The van der Waals surface area contributed by atoms with Gasteiger partial charge in [0.15, 0.2) is 0 Å². The molecule has 1 heterocycles. The van der Waals surface area contributed by atoms with Crippen LogP contribution in [-0.2, 0) is 6.42 Å². The first-order chi connectivity index (χ1) is 9.65.